The third-order valence-corrected chi connectivity index (χ3v) is 5.43. The first-order valence-corrected chi connectivity index (χ1v) is 9.72. The van der Waals surface area contributed by atoms with Gasteiger partial charge in [0.05, 0.1) is 16.2 Å². The minimum Gasteiger partial charge on any atom is -0.352 e. The van der Waals surface area contributed by atoms with E-state index in [0.29, 0.717) is 47.4 Å². The maximum Gasteiger partial charge on any atom is 0.256 e. The first-order valence-electron chi connectivity index (χ1n) is 8.97. The average molecular weight is 430 g/mol. The summed E-state index contributed by atoms with van der Waals surface area (Å²) >= 11 is 12.4. The van der Waals surface area contributed by atoms with Gasteiger partial charge in [-0.05, 0) is 24.3 Å². The van der Waals surface area contributed by atoms with Crippen molar-refractivity contribution in [3.8, 4) is 5.69 Å². The summed E-state index contributed by atoms with van der Waals surface area (Å²) in [6, 6.07) is 6.48. The number of nitrogens with zero attached hydrogens (tertiary/aromatic N) is 5. The highest BCUT2D eigenvalue weighted by molar-refractivity contribution is 6.33. The normalized spacial score (nSPS) is 14.3. The standard InChI is InChI=1S/C20H17Cl2N5O2/c1-2-18(28)25-5-7-26(8-6-25)20-14-10-15(22)17(11-16(14)23-12-24-20)27-4-3-13(21)9-19(27)29/h2-4,9-12H,1,5-8H2. The zero-order valence-electron chi connectivity index (χ0n) is 15.4. The van der Waals surface area contributed by atoms with Crippen LogP contribution in [0, 0.1) is 0 Å². The number of pyridine rings is 1. The molecule has 0 radical (unpaired) electrons. The molecule has 1 saturated heterocycles. The number of piperazine rings is 1. The quantitative estimate of drug-likeness (QED) is 0.598. The van der Waals surface area contributed by atoms with Gasteiger partial charge in [0.2, 0.25) is 5.91 Å². The van der Waals surface area contributed by atoms with Crippen LogP contribution in [0.1, 0.15) is 0 Å². The molecule has 2 aromatic heterocycles. The van der Waals surface area contributed by atoms with E-state index in [2.05, 4.69) is 21.4 Å². The summed E-state index contributed by atoms with van der Waals surface area (Å²) in [6.45, 7) is 5.99. The number of anilines is 1. The lowest BCUT2D eigenvalue weighted by Gasteiger charge is -2.35. The molecule has 29 heavy (non-hydrogen) atoms. The van der Waals surface area contributed by atoms with Gasteiger partial charge >= 0.3 is 0 Å². The van der Waals surface area contributed by atoms with Gasteiger partial charge in [-0.3, -0.25) is 14.2 Å². The molecule has 4 rings (SSSR count). The van der Waals surface area contributed by atoms with Crippen LogP contribution in [0.25, 0.3) is 16.6 Å². The smallest absolute Gasteiger partial charge is 0.256 e. The summed E-state index contributed by atoms with van der Waals surface area (Å²) in [4.78, 5) is 36.7. The number of hydrogen-bond acceptors (Lipinski definition) is 5. The van der Waals surface area contributed by atoms with Crippen LogP contribution in [-0.4, -0.2) is 51.5 Å². The molecule has 0 bridgehead atoms. The van der Waals surface area contributed by atoms with Crippen molar-refractivity contribution in [2.75, 3.05) is 31.1 Å². The van der Waals surface area contributed by atoms with Gasteiger partial charge in [-0.2, -0.15) is 0 Å². The van der Waals surface area contributed by atoms with E-state index >= 15 is 0 Å². The minimum absolute atomic E-state index is 0.0710. The molecule has 7 nitrogen and oxygen atoms in total. The monoisotopic (exact) mass is 429 g/mol. The molecule has 0 aliphatic carbocycles. The van der Waals surface area contributed by atoms with E-state index in [1.54, 1.807) is 29.3 Å². The van der Waals surface area contributed by atoms with E-state index in [0.717, 1.165) is 11.2 Å². The van der Waals surface area contributed by atoms with Crippen LogP contribution in [-0.2, 0) is 4.79 Å². The summed E-state index contributed by atoms with van der Waals surface area (Å²) < 4.78 is 1.43. The van der Waals surface area contributed by atoms with Gasteiger partial charge in [-0.1, -0.05) is 29.8 Å². The molecule has 9 heteroatoms. The Hall–Kier alpha value is -2.90. The lowest BCUT2D eigenvalue weighted by molar-refractivity contribution is -0.126. The molecule has 148 valence electrons. The zero-order valence-corrected chi connectivity index (χ0v) is 16.9. The van der Waals surface area contributed by atoms with Crippen LogP contribution in [0.15, 0.2) is 54.2 Å². The Balaban J connectivity index is 1.71. The summed E-state index contributed by atoms with van der Waals surface area (Å²) in [5.41, 5.74) is 0.906. The molecule has 1 aliphatic rings. The predicted molar refractivity (Wildman–Crippen MR) is 114 cm³/mol. The van der Waals surface area contributed by atoms with Crippen molar-refractivity contribution in [1.29, 1.82) is 0 Å². The van der Waals surface area contributed by atoms with Gasteiger partial charge < -0.3 is 9.80 Å². The lowest BCUT2D eigenvalue weighted by atomic mass is 10.2. The largest absolute Gasteiger partial charge is 0.352 e. The number of aromatic nitrogens is 3. The lowest BCUT2D eigenvalue weighted by Crippen LogP contribution is -2.48. The number of benzene rings is 1. The van der Waals surface area contributed by atoms with Gasteiger partial charge in [0.25, 0.3) is 5.56 Å². The molecule has 0 N–H and O–H groups in total. The van der Waals surface area contributed by atoms with Crippen LogP contribution in [0.5, 0.6) is 0 Å². The highest BCUT2D eigenvalue weighted by Crippen LogP contribution is 2.30. The van der Waals surface area contributed by atoms with Gasteiger partial charge in [0.1, 0.15) is 12.1 Å². The predicted octanol–water partition coefficient (Wildman–Crippen LogP) is 2.92. The fourth-order valence-corrected chi connectivity index (χ4v) is 3.81. The SMILES string of the molecule is C=CC(=O)N1CCN(c2ncnc3cc(-n4ccc(Cl)cc4=O)c(Cl)cc23)CC1. The second-order valence-electron chi connectivity index (χ2n) is 6.59. The van der Waals surface area contributed by atoms with E-state index in [9.17, 15) is 9.59 Å². The molecule has 1 aliphatic heterocycles. The van der Waals surface area contributed by atoms with Crippen LogP contribution in [0.3, 0.4) is 0 Å². The molecule has 1 aromatic carbocycles. The molecule has 0 spiro atoms. The average Bonchev–Trinajstić information content (AvgIpc) is 2.73. The molecule has 0 unspecified atom stereocenters. The number of carbonyl (C=O) groups is 1. The van der Waals surface area contributed by atoms with E-state index in [1.807, 2.05) is 0 Å². The summed E-state index contributed by atoms with van der Waals surface area (Å²) in [7, 11) is 0. The number of fused-ring (bicyclic) bond motifs is 1. The first-order chi connectivity index (χ1) is 14.0. The van der Waals surface area contributed by atoms with Gasteiger partial charge in [0, 0.05) is 48.9 Å². The second kappa shape index (κ2) is 7.85. The number of amides is 1. The maximum absolute atomic E-state index is 12.3. The highest BCUT2D eigenvalue weighted by Gasteiger charge is 2.22. The van der Waals surface area contributed by atoms with Crippen molar-refractivity contribution in [2.45, 2.75) is 0 Å². The molecule has 3 heterocycles. The molecule has 0 saturated carbocycles. The molecule has 0 atom stereocenters. The molecule has 1 fully saturated rings. The van der Waals surface area contributed by atoms with Crippen LogP contribution in [0.2, 0.25) is 10.0 Å². The minimum atomic E-state index is -0.281. The van der Waals surface area contributed by atoms with Crippen molar-refractivity contribution >= 4 is 45.8 Å². The van der Waals surface area contributed by atoms with Crippen LogP contribution in [0.4, 0.5) is 5.82 Å². The van der Waals surface area contributed by atoms with Crippen LogP contribution < -0.4 is 10.5 Å². The van der Waals surface area contributed by atoms with Crippen molar-refractivity contribution in [1.82, 2.24) is 19.4 Å². The molecule has 1 amide bonds. The zero-order chi connectivity index (χ0) is 20.5. The fourth-order valence-electron chi connectivity index (χ4n) is 3.41. The number of hydrogen-bond donors (Lipinski definition) is 0. The molecular weight excluding hydrogens is 413 g/mol. The Morgan fingerprint density at radius 3 is 2.55 bits per heavy atom. The summed E-state index contributed by atoms with van der Waals surface area (Å²) in [5.74, 6) is 0.677. The molecule has 3 aromatic rings. The Morgan fingerprint density at radius 1 is 1.10 bits per heavy atom. The number of halogens is 2. The Bertz CT molecular complexity index is 1170. The van der Waals surface area contributed by atoms with Gasteiger partial charge in [0.15, 0.2) is 0 Å². The topological polar surface area (TPSA) is 71.3 Å². The van der Waals surface area contributed by atoms with Gasteiger partial charge in [-0.25, -0.2) is 9.97 Å². The van der Waals surface area contributed by atoms with Gasteiger partial charge in [-0.15, -0.1) is 0 Å². The van der Waals surface area contributed by atoms with Crippen molar-refractivity contribution in [3.05, 3.63) is 69.8 Å². The summed E-state index contributed by atoms with van der Waals surface area (Å²) in [5, 5.41) is 1.55. The van der Waals surface area contributed by atoms with Crippen molar-refractivity contribution < 1.29 is 4.79 Å². The highest BCUT2D eigenvalue weighted by atomic mass is 35.5. The number of rotatable bonds is 3. The molecular formula is C20H17Cl2N5O2. The number of carbonyl (C=O) groups excluding carboxylic acids is 1. The first kappa shape index (κ1) is 19.4. The Kier molecular flexibility index (Phi) is 5.25. The third-order valence-electron chi connectivity index (χ3n) is 4.89. The van der Waals surface area contributed by atoms with E-state index in [4.69, 9.17) is 23.2 Å². The van der Waals surface area contributed by atoms with E-state index in [1.165, 1.54) is 23.0 Å². The Morgan fingerprint density at radius 2 is 1.86 bits per heavy atom. The third kappa shape index (κ3) is 3.71. The summed E-state index contributed by atoms with van der Waals surface area (Å²) in [6.07, 6.45) is 4.40. The van der Waals surface area contributed by atoms with Crippen LogP contribution >= 0.6 is 23.2 Å². The van der Waals surface area contributed by atoms with Crippen molar-refractivity contribution in [2.24, 2.45) is 0 Å². The second-order valence-corrected chi connectivity index (χ2v) is 7.43. The van der Waals surface area contributed by atoms with E-state index in [-0.39, 0.29) is 11.5 Å². The van der Waals surface area contributed by atoms with Crippen molar-refractivity contribution in [3.63, 3.8) is 0 Å². The van der Waals surface area contributed by atoms with E-state index < -0.39 is 0 Å². The fraction of sp³-hybridized carbons (Fsp3) is 0.200. The Labute approximate surface area is 176 Å². The maximum atomic E-state index is 12.3.